The first-order valence-electron chi connectivity index (χ1n) is 7.08. The van der Waals surface area contributed by atoms with E-state index in [0.717, 1.165) is 24.6 Å². The number of amides is 1. The first-order valence-corrected chi connectivity index (χ1v) is 7.81. The Kier molecular flexibility index (Phi) is 4.26. The molecule has 110 valence electrons. The normalized spacial score (nSPS) is 16.7. The minimum absolute atomic E-state index is 0.0712. The maximum absolute atomic E-state index is 12.7. The molecule has 6 heteroatoms. The number of carbonyl (C=O) groups is 1. The molecule has 3 rings (SSSR count). The predicted molar refractivity (Wildman–Crippen MR) is 80.2 cm³/mol. The van der Waals surface area contributed by atoms with Crippen LogP contribution in [0.4, 0.5) is 0 Å². The number of hydrogen-bond donors (Lipinski definition) is 1. The summed E-state index contributed by atoms with van der Waals surface area (Å²) in [7, 11) is 0. The topological polar surface area (TPSA) is 66.3 Å². The molecule has 0 aliphatic heterocycles. The first kappa shape index (κ1) is 14.2. The van der Waals surface area contributed by atoms with E-state index in [9.17, 15) is 4.79 Å². The van der Waals surface area contributed by atoms with Crippen molar-refractivity contribution in [1.82, 2.24) is 13.6 Å². The molecule has 1 heterocycles. The zero-order valence-corrected chi connectivity index (χ0v) is 12.4. The molecule has 0 fully saturated rings. The highest BCUT2D eigenvalue weighted by Gasteiger charge is 2.31. The average Bonchev–Trinajstić information content (AvgIpc) is 3.17. The standard InChI is InChI=1S/C15H17N3O2S/c19-9-3-8-18(15(20)13-10-16-21-17-13)14-7-6-11-4-1-2-5-12(11)14/h1-2,4-5,10,14,19H,3,6-9H2/t14-/m1/s1. The third kappa shape index (κ3) is 2.82. The fourth-order valence-corrected chi connectivity index (χ4v) is 3.31. The third-order valence-electron chi connectivity index (χ3n) is 3.88. The average molecular weight is 303 g/mol. The van der Waals surface area contributed by atoms with Crippen molar-refractivity contribution >= 4 is 17.6 Å². The Hall–Kier alpha value is -1.79. The van der Waals surface area contributed by atoms with Gasteiger partial charge in [0.05, 0.1) is 24.0 Å². The molecule has 0 bridgehead atoms. The number of benzene rings is 1. The van der Waals surface area contributed by atoms with Gasteiger partial charge in [0.2, 0.25) is 0 Å². The second-order valence-corrected chi connectivity index (χ2v) is 5.68. The molecule has 0 saturated carbocycles. The van der Waals surface area contributed by atoms with Crippen molar-refractivity contribution in [2.45, 2.75) is 25.3 Å². The van der Waals surface area contributed by atoms with Crippen LogP contribution in [-0.4, -0.2) is 37.8 Å². The Labute approximate surface area is 127 Å². The van der Waals surface area contributed by atoms with Gasteiger partial charge < -0.3 is 10.0 Å². The van der Waals surface area contributed by atoms with Crippen LogP contribution in [0.1, 0.15) is 40.5 Å². The second kappa shape index (κ2) is 6.32. The number of aryl methyl sites for hydroxylation is 1. The lowest BCUT2D eigenvalue weighted by atomic mass is 10.1. The molecule has 1 amide bonds. The fourth-order valence-electron chi connectivity index (χ4n) is 2.90. The summed E-state index contributed by atoms with van der Waals surface area (Å²) in [5.41, 5.74) is 2.91. The number of aromatic nitrogens is 2. The van der Waals surface area contributed by atoms with Gasteiger partial charge in [-0.3, -0.25) is 4.79 Å². The lowest BCUT2D eigenvalue weighted by Crippen LogP contribution is -2.35. The van der Waals surface area contributed by atoms with Crippen molar-refractivity contribution in [2.75, 3.05) is 13.2 Å². The highest BCUT2D eigenvalue weighted by Crippen LogP contribution is 2.36. The maximum Gasteiger partial charge on any atom is 0.275 e. The van der Waals surface area contributed by atoms with E-state index in [4.69, 9.17) is 5.11 Å². The van der Waals surface area contributed by atoms with Crippen LogP contribution in [0.25, 0.3) is 0 Å². The molecule has 1 aliphatic carbocycles. The molecule has 1 atom stereocenters. The van der Waals surface area contributed by atoms with Crippen molar-refractivity contribution in [3.05, 3.63) is 47.3 Å². The Balaban J connectivity index is 1.88. The van der Waals surface area contributed by atoms with Crippen molar-refractivity contribution < 1.29 is 9.90 Å². The van der Waals surface area contributed by atoms with Gasteiger partial charge in [-0.2, -0.15) is 8.75 Å². The van der Waals surface area contributed by atoms with Crippen LogP contribution in [0, 0.1) is 0 Å². The van der Waals surface area contributed by atoms with Gasteiger partial charge in [-0.05, 0) is 30.4 Å². The van der Waals surface area contributed by atoms with Gasteiger partial charge in [0.1, 0.15) is 0 Å². The molecule has 21 heavy (non-hydrogen) atoms. The highest BCUT2D eigenvalue weighted by molar-refractivity contribution is 6.99. The van der Waals surface area contributed by atoms with E-state index in [1.807, 2.05) is 17.0 Å². The Morgan fingerprint density at radius 2 is 2.29 bits per heavy atom. The number of rotatable bonds is 5. The van der Waals surface area contributed by atoms with E-state index in [2.05, 4.69) is 20.9 Å². The number of fused-ring (bicyclic) bond motifs is 1. The van der Waals surface area contributed by atoms with Crippen LogP contribution >= 0.6 is 11.7 Å². The van der Waals surface area contributed by atoms with Crippen molar-refractivity contribution in [3.8, 4) is 0 Å². The third-order valence-corrected chi connectivity index (χ3v) is 4.35. The summed E-state index contributed by atoms with van der Waals surface area (Å²) in [5, 5.41) is 9.10. The van der Waals surface area contributed by atoms with Gasteiger partial charge in [-0.1, -0.05) is 24.3 Å². The number of nitrogens with zero attached hydrogens (tertiary/aromatic N) is 3. The van der Waals surface area contributed by atoms with Crippen molar-refractivity contribution in [2.24, 2.45) is 0 Å². The van der Waals surface area contributed by atoms with E-state index < -0.39 is 0 Å². The van der Waals surface area contributed by atoms with Gasteiger partial charge in [0.15, 0.2) is 5.69 Å². The van der Waals surface area contributed by atoms with Crippen molar-refractivity contribution in [3.63, 3.8) is 0 Å². The predicted octanol–water partition coefficient (Wildman–Crippen LogP) is 2.05. The van der Waals surface area contributed by atoms with E-state index in [-0.39, 0.29) is 18.6 Å². The SMILES string of the molecule is O=C(c1cnsn1)N(CCCO)[C@@H]1CCc2ccccc21. The molecule has 0 saturated heterocycles. The summed E-state index contributed by atoms with van der Waals surface area (Å²) < 4.78 is 7.96. The van der Waals surface area contributed by atoms with Crippen LogP contribution in [0.5, 0.6) is 0 Å². The van der Waals surface area contributed by atoms with Gasteiger partial charge >= 0.3 is 0 Å². The van der Waals surface area contributed by atoms with Crippen LogP contribution in [0.2, 0.25) is 0 Å². The highest BCUT2D eigenvalue weighted by atomic mass is 32.1. The van der Waals surface area contributed by atoms with Crippen LogP contribution in [-0.2, 0) is 6.42 Å². The lowest BCUT2D eigenvalue weighted by molar-refractivity contribution is 0.0656. The molecule has 0 spiro atoms. The summed E-state index contributed by atoms with van der Waals surface area (Å²) in [6.07, 6.45) is 3.99. The largest absolute Gasteiger partial charge is 0.396 e. The molecule has 1 N–H and O–H groups in total. The quantitative estimate of drug-likeness (QED) is 0.918. The number of carbonyl (C=O) groups excluding carboxylic acids is 1. The lowest BCUT2D eigenvalue weighted by Gasteiger charge is -2.29. The smallest absolute Gasteiger partial charge is 0.275 e. The van der Waals surface area contributed by atoms with Crippen LogP contribution in [0.3, 0.4) is 0 Å². The maximum atomic E-state index is 12.7. The summed E-state index contributed by atoms with van der Waals surface area (Å²) in [6, 6.07) is 8.32. The molecule has 0 radical (unpaired) electrons. The van der Waals surface area contributed by atoms with Gasteiger partial charge in [0.25, 0.3) is 5.91 Å². The first-order chi connectivity index (χ1) is 10.3. The van der Waals surface area contributed by atoms with E-state index >= 15 is 0 Å². The minimum atomic E-state index is -0.0982. The minimum Gasteiger partial charge on any atom is -0.396 e. The monoisotopic (exact) mass is 303 g/mol. The zero-order valence-electron chi connectivity index (χ0n) is 11.6. The Morgan fingerprint density at radius 1 is 1.43 bits per heavy atom. The number of aliphatic hydroxyl groups is 1. The van der Waals surface area contributed by atoms with E-state index in [0.29, 0.717) is 18.7 Å². The zero-order chi connectivity index (χ0) is 14.7. The summed E-state index contributed by atoms with van der Waals surface area (Å²) >= 11 is 1.04. The van der Waals surface area contributed by atoms with E-state index in [1.54, 1.807) is 0 Å². The van der Waals surface area contributed by atoms with Crippen LogP contribution in [0.15, 0.2) is 30.5 Å². The summed E-state index contributed by atoms with van der Waals surface area (Å²) in [5.74, 6) is -0.0982. The molecular formula is C15H17N3O2S. The second-order valence-electron chi connectivity index (χ2n) is 5.12. The molecule has 2 aromatic rings. The molecule has 1 aromatic carbocycles. The molecule has 5 nitrogen and oxygen atoms in total. The van der Waals surface area contributed by atoms with E-state index in [1.165, 1.54) is 17.3 Å². The van der Waals surface area contributed by atoms with Crippen molar-refractivity contribution in [1.29, 1.82) is 0 Å². The van der Waals surface area contributed by atoms with Gasteiger partial charge in [0, 0.05) is 13.2 Å². The number of hydrogen-bond acceptors (Lipinski definition) is 5. The van der Waals surface area contributed by atoms with Gasteiger partial charge in [-0.15, -0.1) is 0 Å². The Bertz CT molecular complexity index is 615. The molecule has 1 aromatic heterocycles. The fraction of sp³-hybridized carbons (Fsp3) is 0.400. The molecule has 0 unspecified atom stereocenters. The molecule has 1 aliphatic rings. The number of aliphatic hydroxyl groups excluding tert-OH is 1. The summed E-state index contributed by atoms with van der Waals surface area (Å²) in [4.78, 5) is 14.5. The van der Waals surface area contributed by atoms with Crippen LogP contribution < -0.4 is 0 Å². The molecular weight excluding hydrogens is 286 g/mol. The van der Waals surface area contributed by atoms with Gasteiger partial charge in [-0.25, -0.2) is 0 Å². The summed E-state index contributed by atoms with van der Waals surface area (Å²) in [6.45, 7) is 0.610. The Morgan fingerprint density at radius 3 is 3.05 bits per heavy atom.